The molecule has 1 rings (SSSR count). The van der Waals surface area contributed by atoms with Crippen molar-refractivity contribution >= 4 is 11.5 Å². The lowest BCUT2D eigenvalue weighted by Gasteiger charge is -2.09. The van der Waals surface area contributed by atoms with E-state index in [1.807, 2.05) is 6.92 Å². The zero-order chi connectivity index (χ0) is 10.4. The van der Waals surface area contributed by atoms with Crippen LogP contribution in [0.15, 0.2) is 6.33 Å². The SMILES string of the molecule is CCCNc1ncnc(OCC)c1N. The van der Waals surface area contributed by atoms with Gasteiger partial charge in [0.2, 0.25) is 5.88 Å². The van der Waals surface area contributed by atoms with Gasteiger partial charge < -0.3 is 15.8 Å². The molecule has 0 amide bonds. The van der Waals surface area contributed by atoms with Gasteiger partial charge in [0.25, 0.3) is 0 Å². The van der Waals surface area contributed by atoms with Crippen molar-refractivity contribution < 1.29 is 4.74 Å². The highest BCUT2D eigenvalue weighted by Gasteiger charge is 2.07. The number of rotatable bonds is 5. The van der Waals surface area contributed by atoms with E-state index in [4.69, 9.17) is 10.5 Å². The molecule has 0 aromatic carbocycles. The van der Waals surface area contributed by atoms with Gasteiger partial charge in [0, 0.05) is 6.54 Å². The van der Waals surface area contributed by atoms with Crippen LogP contribution in [0.2, 0.25) is 0 Å². The zero-order valence-electron chi connectivity index (χ0n) is 8.58. The first-order valence-corrected chi connectivity index (χ1v) is 4.76. The summed E-state index contributed by atoms with van der Waals surface area (Å²) in [5.41, 5.74) is 6.27. The first kappa shape index (κ1) is 10.6. The van der Waals surface area contributed by atoms with Gasteiger partial charge in [-0.05, 0) is 13.3 Å². The summed E-state index contributed by atoms with van der Waals surface area (Å²) in [6.45, 7) is 5.36. The molecule has 1 aromatic heterocycles. The highest BCUT2D eigenvalue weighted by Crippen LogP contribution is 2.24. The number of nitrogens with zero attached hydrogens (tertiary/aromatic N) is 2. The minimum absolute atomic E-state index is 0.445. The fourth-order valence-corrected chi connectivity index (χ4v) is 1.02. The Balaban J connectivity index is 2.78. The summed E-state index contributed by atoms with van der Waals surface area (Å²) < 4.78 is 5.24. The topological polar surface area (TPSA) is 73.1 Å². The number of nitrogens with one attached hydrogen (secondary N) is 1. The number of hydrogen-bond acceptors (Lipinski definition) is 5. The molecule has 78 valence electrons. The van der Waals surface area contributed by atoms with Gasteiger partial charge in [-0.1, -0.05) is 6.92 Å². The van der Waals surface area contributed by atoms with Gasteiger partial charge in [-0.15, -0.1) is 0 Å². The van der Waals surface area contributed by atoms with E-state index in [0.29, 0.717) is 24.0 Å². The molecule has 0 aliphatic carbocycles. The molecule has 0 saturated heterocycles. The summed E-state index contributed by atoms with van der Waals surface area (Å²) >= 11 is 0. The van der Waals surface area contributed by atoms with Crippen molar-refractivity contribution in [2.24, 2.45) is 0 Å². The molecule has 0 aliphatic heterocycles. The molecule has 0 unspecified atom stereocenters. The maximum absolute atomic E-state index is 5.80. The van der Waals surface area contributed by atoms with Crippen LogP contribution in [-0.4, -0.2) is 23.1 Å². The molecule has 0 aliphatic rings. The van der Waals surface area contributed by atoms with Crippen molar-refractivity contribution in [2.45, 2.75) is 20.3 Å². The third-order valence-electron chi connectivity index (χ3n) is 1.67. The van der Waals surface area contributed by atoms with E-state index in [1.54, 1.807) is 0 Å². The Labute approximate surface area is 83.7 Å². The second-order valence-electron chi connectivity index (χ2n) is 2.80. The van der Waals surface area contributed by atoms with Crippen molar-refractivity contribution in [2.75, 3.05) is 24.2 Å². The van der Waals surface area contributed by atoms with Crippen LogP contribution in [-0.2, 0) is 0 Å². The molecule has 0 fully saturated rings. The molecule has 0 saturated carbocycles. The van der Waals surface area contributed by atoms with Crippen LogP contribution < -0.4 is 15.8 Å². The fraction of sp³-hybridized carbons (Fsp3) is 0.556. The molecule has 1 heterocycles. The lowest BCUT2D eigenvalue weighted by molar-refractivity contribution is 0.328. The van der Waals surface area contributed by atoms with Crippen molar-refractivity contribution in [3.8, 4) is 5.88 Å². The predicted octanol–water partition coefficient (Wildman–Crippen LogP) is 1.28. The maximum Gasteiger partial charge on any atom is 0.242 e. The Morgan fingerprint density at radius 3 is 2.86 bits per heavy atom. The van der Waals surface area contributed by atoms with Crippen molar-refractivity contribution in [3.05, 3.63) is 6.33 Å². The van der Waals surface area contributed by atoms with Gasteiger partial charge in [-0.2, -0.15) is 4.98 Å². The second kappa shape index (κ2) is 5.26. The molecule has 5 heteroatoms. The van der Waals surface area contributed by atoms with Gasteiger partial charge in [-0.3, -0.25) is 0 Å². The minimum Gasteiger partial charge on any atom is -0.476 e. The normalized spacial score (nSPS) is 9.86. The zero-order valence-corrected chi connectivity index (χ0v) is 8.58. The average Bonchev–Trinajstić information content (AvgIpc) is 2.20. The van der Waals surface area contributed by atoms with Gasteiger partial charge >= 0.3 is 0 Å². The summed E-state index contributed by atoms with van der Waals surface area (Å²) in [6.07, 6.45) is 2.47. The smallest absolute Gasteiger partial charge is 0.242 e. The standard InChI is InChI=1S/C9H16N4O/c1-3-5-11-8-7(10)9(14-4-2)13-6-12-8/h6H,3-5,10H2,1-2H3,(H,11,12,13). The summed E-state index contributed by atoms with van der Waals surface area (Å²) in [5, 5.41) is 3.11. The first-order valence-electron chi connectivity index (χ1n) is 4.76. The first-order chi connectivity index (χ1) is 6.79. The lowest BCUT2D eigenvalue weighted by Crippen LogP contribution is -2.08. The van der Waals surface area contributed by atoms with Gasteiger partial charge in [0.15, 0.2) is 5.82 Å². The van der Waals surface area contributed by atoms with Crippen molar-refractivity contribution in [1.29, 1.82) is 0 Å². The number of aromatic nitrogens is 2. The Morgan fingerprint density at radius 1 is 1.43 bits per heavy atom. The van der Waals surface area contributed by atoms with Crippen LogP contribution in [0, 0.1) is 0 Å². The number of nitrogen functional groups attached to an aromatic ring is 1. The molecule has 0 atom stereocenters. The highest BCUT2D eigenvalue weighted by molar-refractivity contribution is 5.66. The molecule has 0 radical (unpaired) electrons. The van der Waals surface area contributed by atoms with Crippen LogP contribution in [0.3, 0.4) is 0 Å². The third-order valence-corrected chi connectivity index (χ3v) is 1.67. The van der Waals surface area contributed by atoms with E-state index >= 15 is 0 Å². The fourth-order valence-electron chi connectivity index (χ4n) is 1.02. The predicted molar refractivity (Wildman–Crippen MR) is 56.4 cm³/mol. The third kappa shape index (κ3) is 2.48. The molecule has 1 aromatic rings. The summed E-state index contributed by atoms with van der Waals surface area (Å²) in [6, 6.07) is 0. The Kier molecular flexibility index (Phi) is 3.97. The van der Waals surface area contributed by atoms with Crippen LogP contribution in [0.1, 0.15) is 20.3 Å². The largest absolute Gasteiger partial charge is 0.476 e. The van der Waals surface area contributed by atoms with Gasteiger partial charge in [0.05, 0.1) is 6.61 Å². The van der Waals surface area contributed by atoms with E-state index < -0.39 is 0 Å². The van der Waals surface area contributed by atoms with Crippen LogP contribution in [0.5, 0.6) is 5.88 Å². The number of nitrogens with two attached hydrogens (primary N) is 1. The molecule has 5 nitrogen and oxygen atoms in total. The second-order valence-corrected chi connectivity index (χ2v) is 2.80. The number of hydrogen-bond donors (Lipinski definition) is 2. The van der Waals surface area contributed by atoms with Gasteiger partial charge in [0.1, 0.15) is 12.0 Å². The molecule has 0 spiro atoms. The Hall–Kier alpha value is -1.52. The molecular formula is C9H16N4O. The monoisotopic (exact) mass is 196 g/mol. The molecule has 3 N–H and O–H groups in total. The van der Waals surface area contributed by atoms with E-state index in [1.165, 1.54) is 6.33 Å². The maximum atomic E-state index is 5.80. The molecule has 14 heavy (non-hydrogen) atoms. The Morgan fingerprint density at radius 2 is 2.21 bits per heavy atom. The van der Waals surface area contributed by atoms with Crippen LogP contribution in [0.25, 0.3) is 0 Å². The molecular weight excluding hydrogens is 180 g/mol. The average molecular weight is 196 g/mol. The van der Waals surface area contributed by atoms with Gasteiger partial charge in [-0.25, -0.2) is 4.98 Å². The summed E-state index contributed by atoms with van der Waals surface area (Å²) in [5.74, 6) is 1.09. The molecule has 0 bridgehead atoms. The van der Waals surface area contributed by atoms with Crippen molar-refractivity contribution in [3.63, 3.8) is 0 Å². The summed E-state index contributed by atoms with van der Waals surface area (Å²) in [7, 11) is 0. The quantitative estimate of drug-likeness (QED) is 0.742. The number of anilines is 2. The van der Waals surface area contributed by atoms with Crippen LogP contribution in [0.4, 0.5) is 11.5 Å². The van der Waals surface area contributed by atoms with E-state index in [0.717, 1.165) is 13.0 Å². The van der Waals surface area contributed by atoms with E-state index in [9.17, 15) is 0 Å². The van der Waals surface area contributed by atoms with Crippen LogP contribution >= 0.6 is 0 Å². The highest BCUT2D eigenvalue weighted by atomic mass is 16.5. The number of ether oxygens (including phenoxy) is 1. The minimum atomic E-state index is 0.445. The lowest BCUT2D eigenvalue weighted by atomic mass is 10.4. The van der Waals surface area contributed by atoms with Crippen molar-refractivity contribution in [1.82, 2.24) is 9.97 Å². The van der Waals surface area contributed by atoms with E-state index in [-0.39, 0.29) is 0 Å². The van der Waals surface area contributed by atoms with E-state index in [2.05, 4.69) is 22.2 Å². The Bertz CT molecular complexity index is 290. The summed E-state index contributed by atoms with van der Waals surface area (Å²) in [4.78, 5) is 7.97.